The van der Waals surface area contributed by atoms with Crippen molar-refractivity contribution in [2.45, 2.75) is 19.8 Å². The molecule has 0 spiro atoms. The van der Waals surface area contributed by atoms with Crippen molar-refractivity contribution in [2.24, 2.45) is 4.99 Å². The minimum Gasteiger partial charge on any atom is -0.347 e. The van der Waals surface area contributed by atoms with Gasteiger partial charge in [-0.05, 0) is 18.6 Å². The van der Waals surface area contributed by atoms with Crippen molar-refractivity contribution < 1.29 is 18.0 Å². The van der Waals surface area contributed by atoms with E-state index in [0.29, 0.717) is 5.96 Å². The summed E-state index contributed by atoms with van der Waals surface area (Å²) in [6.07, 6.45) is 2.00. The molecule has 1 aromatic carbocycles. The molecule has 0 aliphatic heterocycles. The number of aliphatic imine (C=N–C) groups is 1. The summed E-state index contributed by atoms with van der Waals surface area (Å²) in [6, 6.07) is 1.72. The topological polar surface area (TPSA) is 56.7 Å². The van der Waals surface area contributed by atoms with E-state index in [1.165, 1.54) is 0 Å². The van der Waals surface area contributed by atoms with Gasteiger partial charge in [0.05, 0.1) is 12.2 Å². The van der Waals surface area contributed by atoms with Gasteiger partial charge >= 0.3 is 0 Å². The molecule has 0 saturated carbocycles. The lowest BCUT2D eigenvalue weighted by Crippen LogP contribution is -2.42. The smallest absolute Gasteiger partial charge is 0.243 e. The van der Waals surface area contributed by atoms with Crippen molar-refractivity contribution in [1.82, 2.24) is 10.2 Å². The summed E-state index contributed by atoms with van der Waals surface area (Å²) in [7, 11) is 3.41. The molecule has 1 aromatic rings. The van der Waals surface area contributed by atoms with Crippen LogP contribution in [0.2, 0.25) is 0 Å². The van der Waals surface area contributed by atoms with Crippen LogP contribution in [0.3, 0.4) is 0 Å². The highest BCUT2D eigenvalue weighted by molar-refractivity contribution is 14.0. The number of hydrogen-bond donors (Lipinski definition) is 2. The predicted octanol–water partition coefficient (Wildman–Crippen LogP) is 2.97. The standard InChI is InChI=1S/C15H21F3N4O.HI/c1-4-5-8-22(3)15(19-2)20-9-12(23)21-11-7-6-10(16)13(17)14(11)18;/h6-7H,4-5,8-9H2,1-3H3,(H,19,20)(H,21,23);1H. The van der Waals surface area contributed by atoms with E-state index in [0.717, 1.165) is 31.5 Å². The molecule has 1 amide bonds. The largest absolute Gasteiger partial charge is 0.347 e. The summed E-state index contributed by atoms with van der Waals surface area (Å²) >= 11 is 0. The van der Waals surface area contributed by atoms with Crippen LogP contribution in [-0.4, -0.2) is 44.0 Å². The first kappa shape index (κ1) is 22.5. The molecule has 2 N–H and O–H groups in total. The number of amides is 1. The SMILES string of the molecule is CCCCN(C)C(=NC)NCC(=O)Nc1ccc(F)c(F)c1F.I. The minimum absolute atomic E-state index is 0. The van der Waals surface area contributed by atoms with E-state index in [-0.39, 0.29) is 30.5 Å². The Morgan fingerprint density at radius 2 is 1.92 bits per heavy atom. The second-order valence-corrected chi connectivity index (χ2v) is 4.95. The first-order valence-electron chi connectivity index (χ1n) is 7.25. The Balaban J connectivity index is 0.00000529. The molecule has 0 aliphatic carbocycles. The molecular weight excluding hydrogens is 436 g/mol. The quantitative estimate of drug-likeness (QED) is 0.299. The molecule has 5 nitrogen and oxygen atoms in total. The van der Waals surface area contributed by atoms with E-state index in [2.05, 4.69) is 22.5 Å². The Labute approximate surface area is 156 Å². The second-order valence-electron chi connectivity index (χ2n) is 4.95. The van der Waals surface area contributed by atoms with E-state index in [1.54, 1.807) is 7.05 Å². The van der Waals surface area contributed by atoms with Crippen LogP contribution < -0.4 is 10.6 Å². The zero-order chi connectivity index (χ0) is 17.4. The van der Waals surface area contributed by atoms with Crippen LogP contribution in [0.25, 0.3) is 0 Å². The van der Waals surface area contributed by atoms with Crippen molar-refractivity contribution in [3.05, 3.63) is 29.6 Å². The van der Waals surface area contributed by atoms with Crippen LogP contribution in [0, 0.1) is 17.5 Å². The molecule has 0 unspecified atom stereocenters. The second kappa shape index (κ2) is 11.1. The zero-order valence-electron chi connectivity index (χ0n) is 13.8. The number of anilines is 1. The van der Waals surface area contributed by atoms with Gasteiger partial charge in [0.2, 0.25) is 5.91 Å². The third-order valence-electron chi connectivity index (χ3n) is 3.14. The maximum Gasteiger partial charge on any atom is 0.243 e. The van der Waals surface area contributed by atoms with Gasteiger partial charge in [0.25, 0.3) is 0 Å². The molecular formula is C15H22F3IN4O. The Hall–Kier alpha value is -1.52. The first-order valence-corrected chi connectivity index (χ1v) is 7.25. The summed E-state index contributed by atoms with van der Waals surface area (Å²) in [4.78, 5) is 17.7. The van der Waals surface area contributed by atoms with Crippen LogP contribution in [0.4, 0.5) is 18.9 Å². The fourth-order valence-electron chi connectivity index (χ4n) is 1.86. The summed E-state index contributed by atoms with van der Waals surface area (Å²) in [5, 5.41) is 5.00. The van der Waals surface area contributed by atoms with Crippen molar-refractivity contribution in [3.63, 3.8) is 0 Å². The number of halogens is 4. The molecule has 0 aromatic heterocycles. The van der Waals surface area contributed by atoms with Crippen LogP contribution in [0.15, 0.2) is 17.1 Å². The van der Waals surface area contributed by atoms with Crippen LogP contribution in [-0.2, 0) is 4.79 Å². The number of carbonyl (C=O) groups is 1. The summed E-state index contributed by atoms with van der Waals surface area (Å²) < 4.78 is 39.4. The molecule has 24 heavy (non-hydrogen) atoms. The number of rotatable bonds is 6. The minimum atomic E-state index is -1.62. The van der Waals surface area contributed by atoms with Crippen molar-refractivity contribution in [1.29, 1.82) is 0 Å². The molecule has 0 radical (unpaired) electrons. The normalized spacial score (nSPS) is 10.8. The van der Waals surface area contributed by atoms with Gasteiger partial charge in [-0.2, -0.15) is 0 Å². The Bertz CT molecular complexity index is 584. The third-order valence-corrected chi connectivity index (χ3v) is 3.14. The van der Waals surface area contributed by atoms with Crippen molar-refractivity contribution >= 4 is 41.5 Å². The third kappa shape index (κ3) is 6.54. The average Bonchev–Trinajstić information content (AvgIpc) is 2.54. The average molecular weight is 458 g/mol. The zero-order valence-corrected chi connectivity index (χ0v) is 16.2. The van der Waals surface area contributed by atoms with E-state index in [4.69, 9.17) is 0 Å². The summed E-state index contributed by atoms with van der Waals surface area (Å²) in [5.41, 5.74) is -0.412. The molecule has 9 heteroatoms. The molecule has 0 saturated heterocycles. The lowest BCUT2D eigenvalue weighted by atomic mass is 10.2. The van der Waals surface area contributed by atoms with E-state index >= 15 is 0 Å². The van der Waals surface area contributed by atoms with Gasteiger partial charge < -0.3 is 15.5 Å². The predicted molar refractivity (Wildman–Crippen MR) is 99.3 cm³/mol. The number of guanidine groups is 1. The highest BCUT2D eigenvalue weighted by atomic mass is 127. The van der Waals surface area contributed by atoms with Gasteiger partial charge in [0, 0.05) is 20.6 Å². The first-order chi connectivity index (χ1) is 10.9. The highest BCUT2D eigenvalue weighted by Crippen LogP contribution is 2.19. The van der Waals surface area contributed by atoms with Gasteiger partial charge in [-0.15, -0.1) is 24.0 Å². The molecule has 0 bridgehead atoms. The number of nitrogens with zero attached hydrogens (tertiary/aromatic N) is 2. The van der Waals surface area contributed by atoms with E-state index < -0.39 is 29.0 Å². The van der Waals surface area contributed by atoms with Gasteiger partial charge in [-0.1, -0.05) is 13.3 Å². The molecule has 0 heterocycles. The van der Waals surface area contributed by atoms with Crippen LogP contribution in [0.1, 0.15) is 19.8 Å². The monoisotopic (exact) mass is 458 g/mol. The van der Waals surface area contributed by atoms with Crippen molar-refractivity contribution in [2.75, 3.05) is 32.5 Å². The highest BCUT2D eigenvalue weighted by Gasteiger charge is 2.15. The number of unbranched alkanes of at least 4 members (excludes halogenated alkanes) is 1. The summed E-state index contributed by atoms with van der Waals surface area (Å²) in [5.74, 6) is -4.44. The maximum absolute atomic E-state index is 13.5. The van der Waals surface area contributed by atoms with E-state index in [1.807, 2.05) is 11.9 Å². The summed E-state index contributed by atoms with van der Waals surface area (Å²) in [6.45, 7) is 2.66. The van der Waals surface area contributed by atoms with Gasteiger partial charge in [-0.25, -0.2) is 13.2 Å². The molecule has 1 rings (SSSR count). The molecule has 0 fully saturated rings. The number of nitrogens with one attached hydrogen (secondary N) is 2. The lowest BCUT2D eigenvalue weighted by molar-refractivity contribution is -0.115. The van der Waals surface area contributed by atoms with Crippen molar-refractivity contribution in [3.8, 4) is 0 Å². The number of hydrogen-bond acceptors (Lipinski definition) is 2. The Morgan fingerprint density at radius 3 is 2.50 bits per heavy atom. The molecule has 136 valence electrons. The number of carbonyl (C=O) groups excluding carboxylic acids is 1. The van der Waals surface area contributed by atoms with Crippen LogP contribution >= 0.6 is 24.0 Å². The Morgan fingerprint density at radius 1 is 1.25 bits per heavy atom. The van der Waals surface area contributed by atoms with Gasteiger partial charge in [0.1, 0.15) is 0 Å². The van der Waals surface area contributed by atoms with Gasteiger partial charge in [0.15, 0.2) is 23.4 Å². The Kier molecular flexibility index (Phi) is 10.4. The fourth-order valence-corrected chi connectivity index (χ4v) is 1.86. The van der Waals surface area contributed by atoms with Crippen LogP contribution in [0.5, 0.6) is 0 Å². The fraction of sp³-hybridized carbons (Fsp3) is 0.467. The maximum atomic E-state index is 13.5. The lowest BCUT2D eigenvalue weighted by Gasteiger charge is -2.21. The van der Waals surface area contributed by atoms with E-state index in [9.17, 15) is 18.0 Å². The number of benzene rings is 1. The van der Waals surface area contributed by atoms with Gasteiger partial charge in [-0.3, -0.25) is 9.79 Å². The molecule has 0 atom stereocenters. The molecule has 0 aliphatic rings.